The van der Waals surface area contributed by atoms with Crippen LogP contribution in [0.15, 0.2) is 65.1 Å². The van der Waals surface area contributed by atoms with Crippen molar-refractivity contribution in [2.24, 2.45) is 0 Å². The number of nitrogens with one attached hydrogen (secondary N) is 3. The third-order valence-corrected chi connectivity index (χ3v) is 4.71. The number of amides is 4. The zero-order valence-electron chi connectivity index (χ0n) is 15.3. The van der Waals surface area contributed by atoms with Crippen molar-refractivity contribution in [2.75, 3.05) is 5.32 Å². The van der Waals surface area contributed by atoms with Crippen LogP contribution in [0.4, 0.5) is 14.9 Å². The molecule has 0 aliphatic carbocycles. The second-order valence-corrected chi connectivity index (χ2v) is 6.71. The van der Waals surface area contributed by atoms with Gasteiger partial charge in [-0.05, 0) is 48.9 Å². The summed E-state index contributed by atoms with van der Waals surface area (Å²) in [6.45, 7) is 1.57. The number of carbonyl (C=O) groups is 3. The summed E-state index contributed by atoms with van der Waals surface area (Å²) in [5.74, 6) is -1.22. The summed E-state index contributed by atoms with van der Waals surface area (Å²) in [5.41, 5.74) is -0.0679. The monoisotopic (exact) mass is 393 g/mol. The zero-order chi connectivity index (χ0) is 20.6. The van der Waals surface area contributed by atoms with Gasteiger partial charge in [0.2, 0.25) is 0 Å². The molecule has 8 heteroatoms. The van der Waals surface area contributed by atoms with Crippen LogP contribution in [0, 0.1) is 5.82 Å². The fraction of sp³-hybridized carbons (Fsp3) is 0.0952. The minimum absolute atomic E-state index is 0.00628. The molecule has 7 nitrogen and oxygen atoms in total. The third kappa shape index (κ3) is 3.36. The van der Waals surface area contributed by atoms with E-state index in [-0.39, 0.29) is 17.1 Å². The van der Waals surface area contributed by atoms with Gasteiger partial charge in [0.05, 0.1) is 5.56 Å². The molecule has 0 spiro atoms. The molecule has 1 atom stereocenters. The molecule has 1 saturated heterocycles. The first kappa shape index (κ1) is 18.4. The number of hydrogen-bond acceptors (Lipinski definition) is 4. The Bertz CT molecular complexity index is 1140. The quantitative estimate of drug-likeness (QED) is 0.592. The summed E-state index contributed by atoms with van der Waals surface area (Å²) in [4.78, 5) is 36.1. The van der Waals surface area contributed by atoms with Gasteiger partial charge in [0.25, 0.3) is 11.8 Å². The molecule has 0 bridgehead atoms. The van der Waals surface area contributed by atoms with Gasteiger partial charge in [0.15, 0.2) is 5.76 Å². The SMILES string of the molecule is CC1(c2cccc(NC(=O)c3ccc(-c4ccccc4F)o3)c2)NC(=O)NC1=O. The molecular formula is C21H16FN3O4. The van der Waals surface area contributed by atoms with Crippen LogP contribution in [0.1, 0.15) is 23.0 Å². The number of carbonyl (C=O) groups excluding carboxylic acids is 3. The summed E-state index contributed by atoms with van der Waals surface area (Å²) < 4.78 is 19.4. The van der Waals surface area contributed by atoms with Gasteiger partial charge >= 0.3 is 6.03 Å². The molecule has 1 aliphatic rings. The third-order valence-electron chi connectivity index (χ3n) is 4.71. The van der Waals surface area contributed by atoms with E-state index in [1.807, 2.05) is 0 Å². The van der Waals surface area contributed by atoms with Crippen molar-refractivity contribution < 1.29 is 23.2 Å². The van der Waals surface area contributed by atoms with Crippen molar-refractivity contribution in [3.05, 3.63) is 77.8 Å². The molecular weight excluding hydrogens is 377 g/mol. The molecule has 1 aromatic heterocycles. The van der Waals surface area contributed by atoms with Gasteiger partial charge < -0.3 is 15.1 Å². The van der Waals surface area contributed by atoms with Crippen molar-refractivity contribution in [3.8, 4) is 11.3 Å². The maximum Gasteiger partial charge on any atom is 0.322 e. The van der Waals surface area contributed by atoms with Crippen molar-refractivity contribution in [1.82, 2.24) is 10.6 Å². The van der Waals surface area contributed by atoms with Crippen LogP contribution in [0.5, 0.6) is 0 Å². The molecule has 1 unspecified atom stereocenters. The van der Waals surface area contributed by atoms with Crippen molar-refractivity contribution in [1.29, 1.82) is 0 Å². The molecule has 0 saturated carbocycles. The van der Waals surface area contributed by atoms with Crippen molar-refractivity contribution >= 4 is 23.5 Å². The van der Waals surface area contributed by atoms with Gasteiger partial charge in [-0.15, -0.1) is 0 Å². The normalized spacial score (nSPS) is 18.3. The summed E-state index contributed by atoms with van der Waals surface area (Å²) in [6, 6.07) is 15.0. The predicted molar refractivity (Wildman–Crippen MR) is 103 cm³/mol. The van der Waals surface area contributed by atoms with E-state index in [2.05, 4.69) is 16.0 Å². The maximum atomic E-state index is 13.9. The topological polar surface area (TPSA) is 100 Å². The summed E-state index contributed by atoms with van der Waals surface area (Å²) in [6.07, 6.45) is 0. The summed E-state index contributed by atoms with van der Waals surface area (Å²) in [5, 5.41) is 7.44. The Morgan fingerprint density at radius 2 is 1.86 bits per heavy atom. The van der Waals surface area contributed by atoms with Crippen LogP contribution in [0.25, 0.3) is 11.3 Å². The molecule has 1 aliphatic heterocycles. The van der Waals surface area contributed by atoms with Crippen molar-refractivity contribution in [2.45, 2.75) is 12.5 Å². The van der Waals surface area contributed by atoms with Crippen LogP contribution < -0.4 is 16.0 Å². The Morgan fingerprint density at radius 1 is 1.07 bits per heavy atom. The summed E-state index contributed by atoms with van der Waals surface area (Å²) in [7, 11) is 0. The van der Waals surface area contributed by atoms with Crippen LogP contribution in [0.3, 0.4) is 0 Å². The Kier molecular flexibility index (Phi) is 4.38. The van der Waals surface area contributed by atoms with Crippen LogP contribution >= 0.6 is 0 Å². The van der Waals surface area contributed by atoms with Gasteiger partial charge in [-0.1, -0.05) is 24.3 Å². The van der Waals surface area contributed by atoms with E-state index in [9.17, 15) is 18.8 Å². The van der Waals surface area contributed by atoms with Gasteiger partial charge in [-0.3, -0.25) is 14.9 Å². The number of imide groups is 1. The largest absolute Gasteiger partial charge is 0.451 e. The fourth-order valence-electron chi connectivity index (χ4n) is 3.11. The standard InChI is InChI=1S/C21H16FN3O4/c1-21(19(27)24-20(28)25-21)12-5-4-6-13(11-12)23-18(26)17-10-9-16(29-17)14-7-2-3-8-15(14)22/h2-11H,1H3,(H,23,26)(H2,24,25,27,28). The average Bonchev–Trinajstić information content (AvgIpc) is 3.28. The number of furan rings is 1. The lowest BCUT2D eigenvalue weighted by Crippen LogP contribution is -2.40. The van der Waals surface area contributed by atoms with Crippen LogP contribution in [-0.4, -0.2) is 17.8 Å². The van der Waals surface area contributed by atoms with E-state index in [0.29, 0.717) is 11.3 Å². The van der Waals surface area contributed by atoms with Gasteiger partial charge in [-0.2, -0.15) is 0 Å². The molecule has 3 aromatic rings. The second-order valence-electron chi connectivity index (χ2n) is 6.71. The number of benzene rings is 2. The van der Waals surface area contributed by atoms with Crippen LogP contribution in [-0.2, 0) is 10.3 Å². The molecule has 4 rings (SSSR count). The fourth-order valence-corrected chi connectivity index (χ4v) is 3.11. The Morgan fingerprint density at radius 3 is 2.59 bits per heavy atom. The maximum absolute atomic E-state index is 13.9. The van der Waals surface area contributed by atoms with E-state index in [4.69, 9.17) is 4.42 Å². The van der Waals surface area contributed by atoms with Gasteiger partial charge in [0, 0.05) is 5.69 Å². The first-order chi connectivity index (χ1) is 13.9. The first-order valence-corrected chi connectivity index (χ1v) is 8.77. The predicted octanol–water partition coefficient (Wildman–Crippen LogP) is 3.39. The minimum Gasteiger partial charge on any atom is -0.451 e. The van der Waals surface area contributed by atoms with Gasteiger partial charge in [0.1, 0.15) is 17.1 Å². The molecule has 2 heterocycles. The molecule has 29 heavy (non-hydrogen) atoms. The zero-order valence-corrected chi connectivity index (χ0v) is 15.3. The lowest BCUT2D eigenvalue weighted by molar-refractivity contribution is -0.123. The Hall–Kier alpha value is -3.94. The highest BCUT2D eigenvalue weighted by molar-refractivity contribution is 6.07. The number of hydrogen-bond donors (Lipinski definition) is 3. The van der Waals surface area contributed by atoms with E-state index < -0.39 is 29.2 Å². The minimum atomic E-state index is -1.24. The number of anilines is 1. The Balaban J connectivity index is 1.55. The smallest absolute Gasteiger partial charge is 0.322 e. The Labute approximate surface area is 164 Å². The van der Waals surface area contributed by atoms with E-state index >= 15 is 0 Å². The van der Waals surface area contributed by atoms with E-state index in [0.717, 1.165) is 0 Å². The highest BCUT2D eigenvalue weighted by atomic mass is 19.1. The van der Waals surface area contributed by atoms with Crippen LogP contribution in [0.2, 0.25) is 0 Å². The lowest BCUT2D eigenvalue weighted by atomic mass is 9.92. The average molecular weight is 393 g/mol. The van der Waals surface area contributed by atoms with E-state index in [1.165, 1.54) is 18.2 Å². The number of urea groups is 1. The number of halogens is 1. The molecule has 4 amide bonds. The molecule has 2 aromatic carbocycles. The molecule has 1 fully saturated rings. The van der Waals surface area contributed by atoms with Gasteiger partial charge in [-0.25, -0.2) is 9.18 Å². The highest BCUT2D eigenvalue weighted by Gasteiger charge is 2.43. The summed E-state index contributed by atoms with van der Waals surface area (Å²) >= 11 is 0. The van der Waals surface area contributed by atoms with Crippen molar-refractivity contribution in [3.63, 3.8) is 0 Å². The molecule has 3 N–H and O–H groups in total. The molecule has 146 valence electrons. The second kappa shape index (κ2) is 6.90. The first-order valence-electron chi connectivity index (χ1n) is 8.77. The lowest BCUT2D eigenvalue weighted by Gasteiger charge is -2.21. The van der Waals surface area contributed by atoms with E-state index in [1.54, 1.807) is 49.4 Å². The molecule has 0 radical (unpaired) electrons. The highest BCUT2D eigenvalue weighted by Crippen LogP contribution is 2.28. The number of rotatable bonds is 4.